The highest BCUT2D eigenvalue weighted by molar-refractivity contribution is 14.0. The van der Waals surface area contributed by atoms with Crippen LogP contribution >= 0.6 is 24.0 Å². The first-order valence-electron chi connectivity index (χ1n) is 8.25. The number of rotatable bonds is 5. The van der Waals surface area contributed by atoms with E-state index >= 15 is 0 Å². The number of hydrogen-bond donors (Lipinski definition) is 2. The van der Waals surface area contributed by atoms with Crippen molar-refractivity contribution >= 4 is 29.9 Å². The van der Waals surface area contributed by atoms with Gasteiger partial charge in [-0.3, -0.25) is 4.99 Å². The van der Waals surface area contributed by atoms with Gasteiger partial charge in [0.15, 0.2) is 5.96 Å². The van der Waals surface area contributed by atoms with Crippen molar-refractivity contribution in [2.75, 3.05) is 66.5 Å². The van der Waals surface area contributed by atoms with Crippen molar-refractivity contribution < 1.29 is 4.74 Å². The maximum Gasteiger partial charge on any atom is 0.191 e. The van der Waals surface area contributed by atoms with Crippen LogP contribution in [0.4, 0.5) is 0 Å². The Morgan fingerprint density at radius 1 is 1.18 bits per heavy atom. The standard InChI is InChI=1S/C15H31N5O.HI/c1-16-15(18-13-14-5-3-12-21-14)17-6-9-20-8-4-7-19(2)10-11-20;/h14H,3-13H2,1-2H3,(H2,16,17,18);1H. The van der Waals surface area contributed by atoms with Crippen LogP contribution in [-0.2, 0) is 4.74 Å². The fourth-order valence-corrected chi connectivity index (χ4v) is 2.89. The molecule has 2 fully saturated rings. The van der Waals surface area contributed by atoms with Crippen LogP contribution in [0.2, 0.25) is 0 Å². The predicted octanol–water partition coefficient (Wildman–Crippen LogP) is 0.586. The highest BCUT2D eigenvalue weighted by Gasteiger charge is 2.15. The molecule has 0 aromatic carbocycles. The second-order valence-electron chi connectivity index (χ2n) is 6.01. The van der Waals surface area contributed by atoms with Crippen LogP contribution in [0.15, 0.2) is 4.99 Å². The zero-order chi connectivity index (χ0) is 14.9. The van der Waals surface area contributed by atoms with E-state index in [0.29, 0.717) is 6.10 Å². The summed E-state index contributed by atoms with van der Waals surface area (Å²) in [6.07, 6.45) is 3.96. The van der Waals surface area contributed by atoms with Gasteiger partial charge in [0.05, 0.1) is 6.10 Å². The molecule has 22 heavy (non-hydrogen) atoms. The van der Waals surface area contributed by atoms with Crippen molar-refractivity contribution in [1.82, 2.24) is 20.4 Å². The van der Waals surface area contributed by atoms with Crippen molar-refractivity contribution in [1.29, 1.82) is 0 Å². The molecule has 0 amide bonds. The smallest absolute Gasteiger partial charge is 0.191 e. The topological polar surface area (TPSA) is 52.1 Å². The number of guanidine groups is 1. The molecule has 0 bridgehead atoms. The molecule has 2 saturated heterocycles. The van der Waals surface area contributed by atoms with Crippen molar-refractivity contribution in [3.8, 4) is 0 Å². The molecule has 2 aliphatic heterocycles. The molecule has 0 aromatic heterocycles. The summed E-state index contributed by atoms with van der Waals surface area (Å²) < 4.78 is 5.61. The Morgan fingerprint density at radius 3 is 2.77 bits per heavy atom. The van der Waals surface area contributed by atoms with E-state index in [1.54, 1.807) is 0 Å². The Hall–Kier alpha value is -0.120. The summed E-state index contributed by atoms with van der Waals surface area (Å²) in [5, 5.41) is 6.76. The van der Waals surface area contributed by atoms with Crippen LogP contribution in [-0.4, -0.2) is 88.4 Å². The minimum atomic E-state index is 0. The second kappa shape index (κ2) is 11.4. The molecule has 2 aliphatic rings. The molecule has 0 aliphatic carbocycles. The Morgan fingerprint density at radius 2 is 2.05 bits per heavy atom. The zero-order valence-electron chi connectivity index (χ0n) is 14.0. The fourth-order valence-electron chi connectivity index (χ4n) is 2.89. The number of hydrogen-bond acceptors (Lipinski definition) is 4. The number of nitrogens with one attached hydrogen (secondary N) is 2. The molecule has 130 valence electrons. The van der Waals surface area contributed by atoms with Crippen LogP contribution < -0.4 is 10.6 Å². The summed E-state index contributed by atoms with van der Waals surface area (Å²) in [6, 6.07) is 0. The van der Waals surface area contributed by atoms with E-state index in [4.69, 9.17) is 4.74 Å². The Bertz CT molecular complexity index is 323. The van der Waals surface area contributed by atoms with Crippen LogP contribution in [0, 0.1) is 0 Å². The van der Waals surface area contributed by atoms with E-state index in [0.717, 1.165) is 38.6 Å². The molecule has 0 saturated carbocycles. The van der Waals surface area contributed by atoms with Gasteiger partial charge in [0, 0.05) is 46.4 Å². The van der Waals surface area contributed by atoms with Gasteiger partial charge < -0.3 is 25.2 Å². The highest BCUT2D eigenvalue weighted by Crippen LogP contribution is 2.10. The second-order valence-corrected chi connectivity index (χ2v) is 6.01. The number of aliphatic imine (C=N–C) groups is 1. The predicted molar refractivity (Wildman–Crippen MR) is 102 cm³/mol. The highest BCUT2D eigenvalue weighted by atomic mass is 127. The maximum atomic E-state index is 5.61. The lowest BCUT2D eigenvalue weighted by atomic mass is 10.2. The lowest BCUT2D eigenvalue weighted by molar-refractivity contribution is 0.114. The van der Waals surface area contributed by atoms with Crippen molar-refractivity contribution in [2.45, 2.75) is 25.4 Å². The molecule has 6 nitrogen and oxygen atoms in total. The minimum Gasteiger partial charge on any atom is -0.376 e. The first-order chi connectivity index (χ1) is 10.3. The third-order valence-corrected chi connectivity index (χ3v) is 4.28. The van der Waals surface area contributed by atoms with Gasteiger partial charge >= 0.3 is 0 Å². The van der Waals surface area contributed by atoms with Gasteiger partial charge in [-0.2, -0.15) is 0 Å². The number of likely N-dealkylation sites (N-methyl/N-ethyl adjacent to an activating group) is 1. The molecule has 7 heteroatoms. The van der Waals surface area contributed by atoms with Gasteiger partial charge in [-0.15, -0.1) is 24.0 Å². The molecular weight excluding hydrogens is 393 g/mol. The van der Waals surface area contributed by atoms with E-state index in [1.165, 1.54) is 39.0 Å². The lowest BCUT2D eigenvalue weighted by Crippen LogP contribution is -2.44. The summed E-state index contributed by atoms with van der Waals surface area (Å²) >= 11 is 0. The van der Waals surface area contributed by atoms with Crippen molar-refractivity contribution in [3.05, 3.63) is 0 Å². The van der Waals surface area contributed by atoms with E-state index in [1.807, 2.05) is 7.05 Å². The summed E-state index contributed by atoms with van der Waals surface area (Å²) in [5.41, 5.74) is 0. The van der Waals surface area contributed by atoms with Gasteiger partial charge in [-0.05, 0) is 39.4 Å². The van der Waals surface area contributed by atoms with Crippen LogP contribution in [0.3, 0.4) is 0 Å². The summed E-state index contributed by atoms with van der Waals surface area (Å²) in [5.74, 6) is 0.887. The van der Waals surface area contributed by atoms with Gasteiger partial charge in [0.1, 0.15) is 0 Å². The summed E-state index contributed by atoms with van der Waals surface area (Å²) in [7, 11) is 4.03. The van der Waals surface area contributed by atoms with E-state index < -0.39 is 0 Å². The Balaban J connectivity index is 0.00000242. The molecule has 0 spiro atoms. The SMILES string of the molecule is CN=C(NCCN1CCCN(C)CC1)NCC1CCCO1.I. The van der Waals surface area contributed by atoms with Crippen LogP contribution in [0.25, 0.3) is 0 Å². The minimum absolute atomic E-state index is 0. The molecule has 2 heterocycles. The van der Waals surface area contributed by atoms with Crippen LogP contribution in [0.1, 0.15) is 19.3 Å². The first kappa shape index (κ1) is 19.9. The van der Waals surface area contributed by atoms with E-state index in [2.05, 4.69) is 32.5 Å². The van der Waals surface area contributed by atoms with Gasteiger partial charge in [0.2, 0.25) is 0 Å². The largest absolute Gasteiger partial charge is 0.376 e. The Labute approximate surface area is 152 Å². The maximum absolute atomic E-state index is 5.61. The fraction of sp³-hybridized carbons (Fsp3) is 0.933. The van der Waals surface area contributed by atoms with E-state index in [-0.39, 0.29) is 24.0 Å². The molecular formula is C15H32IN5O. The molecule has 1 atom stereocenters. The zero-order valence-corrected chi connectivity index (χ0v) is 16.3. The normalized spacial score (nSPS) is 24.6. The third kappa shape index (κ3) is 7.43. The summed E-state index contributed by atoms with van der Waals surface area (Å²) in [6.45, 7) is 8.54. The van der Waals surface area contributed by atoms with Gasteiger partial charge in [0.25, 0.3) is 0 Å². The molecule has 2 N–H and O–H groups in total. The Kier molecular flexibility index (Phi) is 10.3. The van der Waals surface area contributed by atoms with Crippen molar-refractivity contribution in [2.24, 2.45) is 4.99 Å². The first-order valence-corrected chi connectivity index (χ1v) is 8.25. The lowest BCUT2D eigenvalue weighted by Gasteiger charge is -2.21. The van der Waals surface area contributed by atoms with Crippen LogP contribution in [0.5, 0.6) is 0 Å². The molecule has 0 radical (unpaired) electrons. The quantitative estimate of drug-likeness (QED) is 0.384. The average molecular weight is 425 g/mol. The summed E-state index contributed by atoms with van der Waals surface area (Å²) in [4.78, 5) is 9.22. The third-order valence-electron chi connectivity index (χ3n) is 4.28. The molecule has 2 rings (SSSR count). The average Bonchev–Trinajstić information content (AvgIpc) is 2.92. The monoisotopic (exact) mass is 425 g/mol. The molecule has 0 aromatic rings. The number of ether oxygens (including phenoxy) is 1. The van der Waals surface area contributed by atoms with Gasteiger partial charge in [-0.25, -0.2) is 0 Å². The van der Waals surface area contributed by atoms with E-state index in [9.17, 15) is 0 Å². The number of halogens is 1. The number of nitrogens with zero attached hydrogens (tertiary/aromatic N) is 3. The molecule has 1 unspecified atom stereocenters. The van der Waals surface area contributed by atoms with Gasteiger partial charge in [-0.1, -0.05) is 0 Å². The van der Waals surface area contributed by atoms with Crippen molar-refractivity contribution in [3.63, 3.8) is 0 Å².